The minimum atomic E-state index is -0.0388. The van der Waals surface area contributed by atoms with Gasteiger partial charge in [0.1, 0.15) is 0 Å². The van der Waals surface area contributed by atoms with Gasteiger partial charge in [-0.15, -0.1) is 0 Å². The summed E-state index contributed by atoms with van der Waals surface area (Å²) in [4.78, 5) is 15.8. The Kier molecular flexibility index (Phi) is 2.31. The van der Waals surface area contributed by atoms with Gasteiger partial charge in [0, 0.05) is 6.04 Å². The van der Waals surface area contributed by atoms with Crippen LogP contribution in [0.2, 0.25) is 0 Å². The van der Waals surface area contributed by atoms with E-state index >= 15 is 0 Å². The first-order valence-electron chi connectivity index (χ1n) is 5.07. The largest absolute Gasteiger partial charge is 0.303 e. The lowest BCUT2D eigenvalue weighted by Gasteiger charge is -2.13. The van der Waals surface area contributed by atoms with Crippen molar-refractivity contribution in [3.63, 3.8) is 0 Å². The summed E-state index contributed by atoms with van der Waals surface area (Å²) < 4.78 is 1.77. The van der Waals surface area contributed by atoms with Gasteiger partial charge in [0.2, 0.25) is 0 Å². The summed E-state index contributed by atoms with van der Waals surface area (Å²) in [6.07, 6.45) is 1.39. The van der Waals surface area contributed by atoms with Crippen LogP contribution in [0.15, 0.2) is 29.2 Å². The molecule has 0 atom stereocenters. The van der Waals surface area contributed by atoms with Crippen molar-refractivity contribution in [2.45, 2.75) is 26.8 Å². The molecule has 0 bridgehead atoms. The summed E-state index contributed by atoms with van der Waals surface area (Å²) in [5.41, 5.74) is 2.89. The van der Waals surface area contributed by atoms with E-state index in [2.05, 4.69) is 4.98 Å². The molecular formula is C12H14N2O. The normalized spacial score (nSPS) is 11.2. The maximum Gasteiger partial charge on any atom is 0.269 e. The van der Waals surface area contributed by atoms with Gasteiger partial charge in [-0.2, -0.15) is 0 Å². The predicted molar refractivity (Wildman–Crippen MR) is 61.1 cm³/mol. The zero-order valence-corrected chi connectivity index (χ0v) is 9.19. The van der Waals surface area contributed by atoms with Crippen LogP contribution in [0.25, 0.3) is 11.0 Å². The van der Waals surface area contributed by atoms with Crippen molar-refractivity contribution in [2.24, 2.45) is 0 Å². The molecular weight excluding hydrogens is 188 g/mol. The highest BCUT2D eigenvalue weighted by atomic mass is 16.1. The number of hydrogen-bond acceptors (Lipinski definition) is 2. The van der Waals surface area contributed by atoms with E-state index < -0.39 is 0 Å². The van der Waals surface area contributed by atoms with Gasteiger partial charge >= 0.3 is 0 Å². The van der Waals surface area contributed by atoms with Gasteiger partial charge in [-0.3, -0.25) is 4.79 Å². The quantitative estimate of drug-likeness (QED) is 0.711. The topological polar surface area (TPSA) is 34.9 Å². The summed E-state index contributed by atoms with van der Waals surface area (Å²) in [7, 11) is 0. The molecule has 0 fully saturated rings. The fourth-order valence-electron chi connectivity index (χ4n) is 1.77. The summed E-state index contributed by atoms with van der Waals surface area (Å²) in [5.74, 6) is 0. The molecule has 0 saturated carbocycles. The van der Waals surface area contributed by atoms with Gasteiger partial charge in [-0.1, -0.05) is 6.07 Å². The van der Waals surface area contributed by atoms with Crippen LogP contribution in [0.5, 0.6) is 0 Å². The maximum absolute atomic E-state index is 11.7. The highest BCUT2D eigenvalue weighted by molar-refractivity contribution is 5.75. The van der Waals surface area contributed by atoms with Crippen molar-refractivity contribution >= 4 is 11.0 Å². The van der Waals surface area contributed by atoms with Gasteiger partial charge in [0.15, 0.2) is 0 Å². The number of hydrogen-bond donors (Lipinski definition) is 0. The van der Waals surface area contributed by atoms with Crippen molar-refractivity contribution in [3.05, 3.63) is 40.3 Å². The first-order chi connectivity index (χ1) is 7.09. The van der Waals surface area contributed by atoms with Crippen LogP contribution >= 0.6 is 0 Å². The van der Waals surface area contributed by atoms with Crippen molar-refractivity contribution in [3.8, 4) is 0 Å². The van der Waals surface area contributed by atoms with Crippen LogP contribution in [0.3, 0.4) is 0 Å². The van der Waals surface area contributed by atoms with E-state index in [0.29, 0.717) is 0 Å². The number of aryl methyl sites for hydroxylation is 1. The predicted octanol–water partition coefficient (Wildman–Crippen LogP) is 2.29. The molecule has 15 heavy (non-hydrogen) atoms. The minimum Gasteiger partial charge on any atom is -0.303 e. The summed E-state index contributed by atoms with van der Waals surface area (Å²) >= 11 is 0. The Morgan fingerprint density at radius 2 is 2.07 bits per heavy atom. The molecule has 0 saturated heterocycles. The third-order valence-corrected chi connectivity index (χ3v) is 2.46. The Hall–Kier alpha value is -1.64. The van der Waals surface area contributed by atoms with E-state index in [0.717, 1.165) is 16.6 Å². The van der Waals surface area contributed by atoms with Crippen molar-refractivity contribution < 1.29 is 0 Å². The SMILES string of the molecule is Cc1ccc2ncc(=O)n(C(C)C)c2c1. The van der Waals surface area contributed by atoms with E-state index in [1.807, 2.05) is 39.0 Å². The second-order valence-corrected chi connectivity index (χ2v) is 4.05. The number of rotatable bonds is 1. The molecule has 78 valence electrons. The molecule has 0 radical (unpaired) electrons. The number of aromatic nitrogens is 2. The zero-order chi connectivity index (χ0) is 11.0. The number of nitrogens with zero attached hydrogens (tertiary/aromatic N) is 2. The van der Waals surface area contributed by atoms with Gasteiger partial charge in [0.05, 0.1) is 17.2 Å². The highest BCUT2D eigenvalue weighted by Crippen LogP contribution is 2.14. The molecule has 3 nitrogen and oxygen atoms in total. The second kappa shape index (κ2) is 3.50. The zero-order valence-electron chi connectivity index (χ0n) is 9.19. The van der Waals surface area contributed by atoms with Crippen LogP contribution in [0.4, 0.5) is 0 Å². The Morgan fingerprint density at radius 1 is 1.33 bits per heavy atom. The van der Waals surface area contributed by atoms with Gasteiger partial charge in [-0.05, 0) is 38.5 Å². The average molecular weight is 202 g/mol. The standard InChI is InChI=1S/C12H14N2O/c1-8(2)14-11-6-9(3)4-5-10(11)13-7-12(14)15/h4-8H,1-3H3. The van der Waals surface area contributed by atoms with Crippen LogP contribution in [0, 0.1) is 6.92 Å². The van der Waals surface area contributed by atoms with Crippen molar-refractivity contribution in [2.75, 3.05) is 0 Å². The third-order valence-electron chi connectivity index (χ3n) is 2.46. The third kappa shape index (κ3) is 1.65. The second-order valence-electron chi connectivity index (χ2n) is 4.05. The van der Waals surface area contributed by atoms with Crippen LogP contribution in [-0.4, -0.2) is 9.55 Å². The van der Waals surface area contributed by atoms with Gasteiger partial charge < -0.3 is 4.57 Å². The Bertz CT molecular complexity index is 555. The molecule has 0 amide bonds. The molecule has 3 heteroatoms. The molecule has 0 spiro atoms. The fourth-order valence-corrected chi connectivity index (χ4v) is 1.77. The summed E-state index contributed by atoms with van der Waals surface area (Å²) in [5, 5.41) is 0. The first-order valence-corrected chi connectivity index (χ1v) is 5.07. The molecule has 1 heterocycles. The smallest absolute Gasteiger partial charge is 0.269 e. The van der Waals surface area contributed by atoms with E-state index in [1.165, 1.54) is 6.20 Å². The Labute approximate surface area is 88.4 Å². The molecule has 0 aliphatic heterocycles. The lowest BCUT2D eigenvalue weighted by molar-refractivity contribution is 0.597. The molecule has 0 aliphatic carbocycles. The van der Waals surface area contributed by atoms with Crippen molar-refractivity contribution in [1.82, 2.24) is 9.55 Å². The van der Waals surface area contributed by atoms with E-state index in [1.54, 1.807) is 4.57 Å². The monoisotopic (exact) mass is 202 g/mol. The van der Waals surface area contributed by atoms with Crippen molar-refractivity contribution in [1.29, 1.82) is 0 Å². The molecule has 1 aromatic carbocycles. The first kappa shape index (κ1) is 9.90. The molecule has 0 N–H and O–H groups in total. The molecule has 2 rings (SSSR count). The fraction of sp³-hybridized carbons (Fsp3) is 0.333. The lowest BCUT2D eigenvalue weighted by atomic mass is 10.2. The van der Waals surface area contributed by atoms with E-state index in [-0.39, 0.29) is 11.6 Å². The van der Waals surface area contributed by atoms with Crippen LogP contribution in [0.1, 0.15) is 25.5 Å². The van der Waals surface area contributed by atoms with E-state index in [4.69, 9.17) is 0 Å². The summed E-state index contributed by atoms with van der Waals surface area (Å²) in [6, 6.07) is 6.11. The molecule has 0 unspecified atom stereocenters. The van der Waals surface area contributed by atoms with Crippen LogP contribution < -0.4 is 5.56 Å². The van der Waals surface area contributed by atoms with E-state index in [9.17, 15) is 4.79 Å². The average Bonchev–Trinajstić information content (AvgIpc) is 2.16. The Balaban J connectivity index is 2.91. The minimum absolute atomic E-state index is 0.0388. The highest BCUT2D eigenvalue weighted by Gasteiger charge is 2.06. The maximum atomic E-state index is 11.7. The lowest BCUT2D eigenvalue weighted by Crippen LogP contribution is -2.22. The van der Waals surface area contributed by atoms with Gasteiger partial charge in [-0.25, -0.2) is 4.98 Å². The molecule has 2 aromatic rings. The number of benzene rings is 1. The summed E-state index contributed by atoms with van der Waals surface area (Å²) in [6.45, 7) is 6.02. The number of fused-ring (bicyclic) bond motifs is 1. The van der Waals surface area contributed by atoms with Crippen LogP contribution in [-0.2, 0) is 0 Å². The molecule has 1 aromatic heterocycles. The Morgan fingerprint density at radius 3 is 2.73 bits per heavy atom. The molecule has 0 aliphatic rings. The van der Waals surface area contributed by atoms with Gasteiger partial charge in [0.25, 0.3) is 5.56 Å².